The fourth-order valence-electron chi connectivity index (χ4n) is 1.55. The maximum absolute atomic E-state index is 12.3. The van der Waals surface area contributed by atoms with Gasteiger partial charge in [-0.25, -0.2) is 0 Å². The van der Waals surface area contributed by atoms with Crippen LogP contribution in [0.5, 0.6) is 0 Å². The lowest BCUT2D eigenvalue weighted by Gasteiger charge is -2.28. The Morgan fingerprint density at radius 3 is 2.31 bits per heavy atom. The number of nitrogens with zero attached hydrogens (tertiary/aromatic N) is 1. The standard InChI is InChI=1S/C10H19F3N2O/c1-9(16,6-14)4-5-15(8-2-3-8)7-10(11,12)13/h8,16H,2-7,14H2,1H3. The smallest absolute Gasteiger partial charge is 0.389 e. The van der Waals surface area contributed by atoms with E-state index < -0.39 is 18.3 Å². The monoisotopic (exact) mass is 240 g/mol. The van der Waals surface area contributed by atoms with Gasteiger partial charge in [0.2, 0.25) is 0 Å². The first kappa shape index (κ1) is 13.7. The summed E-state index contributed by atoms with van der Waals surface area (Å²) in [5.74, 6) is 0. The number of alkyl halides is 3. The predicted octanol–water partition coefficient (Wildman–Crippen LogP) is 1.11. The number of rotatable bonds is 6. The zero-order valence-corrected chi connectivity index (χ0v) is 9.43. The zero-order chi connectivity index (χ0) is 12.4. The zero-order valence-electron chi connectivity index (χ0n) is 9.43. The Morgan fingerprint density at radius 1 is 1.38 bits per heavy atom. The van der Waals surface area contributed by atoms with Crippen molar-refractivity contribution in [3.63, 3.8) is 0 Å². The van der Waals surface area contributed by atoms with E-state index in [4.69, 9.17) is 5.73 Å². The van der Waals surface area contributed by atoms with Crippen LogP contribution in [-0.2, 0) is 0 Å². The Bertz CT molecular complexity index is 227. The second-order valence-corrected chi connectivity index (χ2v) is 4.77. The van der Waals surface area contributed by atoms with Crippen molar-refractivity contribution in [3.8, 4) is 0 Å². The summed E-state index contributed by atoms with van der Waals surface area (Å²) < 4.78 is 36.8. The molecule has 96 valence electrons. The van der Waals surface area contributed by atoms with Crippen LogP contribution in [0.25, 0.3) is 0 Å². The van der Waals surface area contributed by atoms with Gasteiger partial charge in [0.1, 0.15) is 0 Å². The quantitative estimate of drug-likeness (QED) is 0.731. The molecule has 1 unspecified atom stereocenters. The van der Waals surface area contributed by atoms with E-state index in [-0.39, 0.29) is 25.6 Å². The first-order valence-electron chi connectivity index (χ1n) is 5.47. The summed E-state index contributed by atoms with van der Waals surface area (Å²) in [4.78, 5) is 1.39. The van der Waals surface area contributed by atoms with Crippen LogP contribution in [0.3, 0.4) is 0 Å². The van der Waals surface area contributed by atoms with Crippen LogP contribution in [0, 0.1) is 0 Å². The lowest BCUT2D eigenvalue weighted by molar-refractivity contribution is -0.148. The van der Waals surface area contributed by atoms with Gasteiger partial charge in [0.05, 0.1) is 12.1 Å². The molecule has 1 atom stereocenters. The predicted molar refractivity (Wildman–Crippen MR) is 54.9 cm³/mol. The molecule has 0 radical (unpaired) electrons. The number of halogens is 3. The van der Waals surface area contributed by atoms with Gasteiger partial charge in [0.15, 0.2) is 0 Å². The molecule has 0 aromatic carbocycles. The van der Waals surface area contributed by atoms with E-state index in [0.29, 0.717) is 0 Å². The molecule has 0 spiro atoms. The van der Waals surface area contributed by atoms with Crippen molar-refractivity contribution in [2.45, 2.75) is 44.0 Å². The topological polar surface area (TPSA) is 49.5 Å². The molecule has 1 rings (SSSR count). The minimum absolute atomic E-state index is 0.0372. The fraction of sp³-hybridized carbons (Fsp3) is 1.00. The van der Waals surface area contributed by atoms with E-state index in [9.17, 15) is 18.3 Å². The van der Waals surface area contributed by atoms with E-state index >= 15 is 0 Å². The minimum Gasteiger partial charge on any atom is -0.389 e. The third kappa shape index (κ3) is 5.14. The second-order valence-electron chi connectivity index (χ2n) is 4.77. The van der Waals surface area contributed by atoms with E-state index in [1.807, 2.05) is 0 Å². The summed E-state index contributed by atoms with van der Waals surface area (Å²) in [5, 5.41) is 9.64. The highest BCUT2D eigenvalue weighted by Gasteiger charge is 2.38. The van der Waals surface area contributed by atoms with Gasteiger partial charge in [-0.15, -0.1) is 0 Å². The summed E-state index contributed by atoms with van der Waals surface area (Å²) in [7, 11) is 0. The van der Waals surface area contributed by atoms with Crippen molar-refractivity contribution in [2.24, 2.45) is 5.73 Å². The molecular formula is C10H19F3N2O. The van der Waals surface area contributed by atoms with Gasteiger partial charge in [-0.2, -0.15) is 13.2 Å². The van der Waals surface area contributed by atoms with Crippen LogP contribution in [0.4, 0.5) is 13.2 Å². The third-order valence-electron chi connectivity index (χ3n) is 2.82. The molecule has 1 aliphatic carbocycles. The average Bonchev–Trinajstić information content (AvgIpc) is 2.93. The Hall–Kier alpha value is -0.330. The SMILES string of the molecule is CC(O)(CN)CCN(CC(F)(F)F)C1CC1. The number of nitrogens with two attached hydrogens (primary N) is 1. The summed E-state index contributed by atoms with van der Waals surface area (Å²) in [6.07, 6.45) is -2.26. The van der Waals surface area contributed by atoms with Crippen molar-refractivity contribution < 1.29 is 18.3 Å². The highest BCUT2D eigenvalue weighted by atomic mass is 19.4. The molecule has 0 amide bonds. The second kappa shape index (κ2) is 4.89. The van der Waals surface area contributed by atoms with E-state index in [1.54, 1.807) is 6.92 Å². The van der Waals surface area contributed by atoms with Crippen molar-refractivity contribution >= 4 is 0 Å². The van der Waals surface area contributed by atoms with Crippen LogP contribution < -0.4 is 5.73 Å². The van der Waals surface area contributed by atoms with Gasteiger partial charge in [-0.3, -0.25) is 4.90 Å². The molecule has 1 saturated carbocycles. The summed E-state index contributed by atoms with van der Waals surface area (Å²) in [6, 6.07) is 0.0372. The van der Waals surface area contributed by atoms with Gasteiger partial charge < -0.3 is 10.8 Å². The molecule has 6 heteroatoms. The number of aliphatic hydroxyl groups is 1. The molecule has 0 bridgehead atoms. The van der Waals surface area contributed by atoms with Crippen LogP contribution in [0.1, 0.15) is 26.2 Å². The molecule has 0 aliphatic heterocycles. The Morgan fingerprint density at radius 2 is 1.94 bits per heavy atom. The van der Waals surface area contributed by atoms with Gasteiger partial charge >= 0.3 is 6.18 Å². The normalized spacial score (nSPS) is 21.2. The largest absolute Gasteiger partial charge is 0.401 e. The van der Waals surface area contributed by atoms with Gasteiger partial charge in [0.25, 0.3) is 0 Å². The Balaban J connectivity index is 2.40. The molecule has 1 aliphatic rings. The highest BCUT2D eigenvalue weighted by molar-refractivity contribution is 4.87. The molecule has 16 heavy (non-hydrogen) atoms. The molecule has 0 heterocycles. The van der Waals surface area contributed by atoms with Crippen molar-refractivity contribution in [1.29, 1.82) is 0 Å². The summed E-state index contributed by atoms with van der Waals surface area (Å²) >= 11 is 0. The fourth-order valence-corrected chi connectivity index (χ4v) is 1.55. The maximum Gasteiger partial charge on any atom is 0.401 e. The molecule has 0 aromatic rings. The lowest BCUT2D eigenvalue weighted by atomic mass is 10.0. The third-order valence-corrected chi connectivity index (χ3v) is 2.82. The van der Waals surface area contributed by atoms with Crippen molar-refractivity contribution in [3.05, 3.63) is 0 Å². The van der Waals surface area contributed by atoms with E-state index in [0.717, 1.165) is 12.8 Å². The Kier molecular flexibility index (Phi) is 4.20. The molecular weight excluding hydrogens is 221 g/mol. The van der Waals surface area contributed by atoms with Crippen LogP contribution in [-0.4, -0.2) is 47.5 Å². The van der Waals surface area contributed by atoms with E-state index in [2.05, 4.69) is 0 Å². The number of hydrogen-bond acceptors (Lipinski definition) is 3. The van der Waals surface area contributed by atoms with Gasteiger partial charge in [-0.05, 0) is 26.2 Å². The van der Waals surface area contributed by atoms with Gasteiger partial charge in [-0.1, -0.05) is 0 Å². The first-order valence-corrected chi connectivity index (χ1v) is 5.47. The lowest BCUT2D eigenvalue weighted by Crippen LogP contribution is -2.42. The van der Waals surface area contributed by atoms with Crippen molar-refractivity contribution in [1.82, 2.24) is 4.90 Å². The van der Waals surface area contributed by atoms with Crippen LogP contribution in [0.2, 0.25) is 0 Å². The molecule has 1 fully saturated rings. The maximum atomic E-state index is 12.3. The molecule has 0 aromatic heterocycles. The highest BCUT2D eigenvalue weighted by Crippen LogP contribution is 2.30. The summed E-state index contributed by atoms with van der Waals surface area (Å²) in [6.45, 7) is 0.968. The molecule has 3 N–H and O–H groups in total. The van der Waals surface area contributed by atoms with Crippen molar-refractivity contribution in [2.75, 3.05) is 19.6 Å². The first-order chi connectivity index (χ1) is 7.23. The minimum atomic E-state index is -4.17. The number of hydrogen-bond donors (Lipinski definition) is 2. The van der Waals surface area contributed by atoms with Crippen LogP contribution >= 0.6 is 0 Å². The van der Waals surface area contributed by atoms with Crippen LogP contribution in [0.15, 0.2) is 0 Å². The average molecular weight is 240 g/mol. The van der Waals surface area contributed by atoms with Gasteiger partial charge in [0, 0.05) is 19.1 Å². The summed E-state index contributed by atoms with van der Waals surface area (Å²) in [5.41, 5.74) is 4.25. The van der Waals surface area contributed by atoms with E-state index in [1.165, 1.54) is 4.90 Å². The molecule has 3 nitrogen and oxygen atoms in total. The molecule has 0 saturated heterocycles. The Labute approximate surface area is 93.4 Å².